The zero-order valence-corrected chi connectivity index (χ0v) is 61.4. The van der Waals surface area contributed by atoms with Gasteiger partial charge in [0.2, 0.25) is 5.91 Å². The molecule has 2 atom stereocenters. The minimum atomic E-state index is -0.844. The number of carbonyl (C=O) groups excluding carboxylic acids is 2. The first-order valence-corrected chi connectivity index (χ1v) is 41.6. The van der Waals surface area contributed by atoms with Gasteiger partial charge in [0.25, 0.3) is 0 Å². The molecule has 0 aliphatic carbocycles. The molecule has 0 spiro atoms. The molecule has 0 bridgehead atoms. The Labute approximate surface area is 564 Å². The highest BCUT2D eigenvalue weighted by molar-refractivity contribution is 5.76. The standard InChI is InChI=1S/C84H163NO5/c1-3-5-7-9-11-13-15-17-19-21-23-24-35-38-41-44-48-52-56-60-64-68-72-76-82(87)81(80-86)85-83(88)77-73-69-65-61-57-53-49-45-42-39-36-33-31-29-27-25-26-28-30-32-34-37-40-43-47-51-55-59-63-67-71-75-79-90-84(89)78-74-70-66-62-58-54-50-46-22-20-18-16-14-12-10-8-6-4-2/h28,30,72,76,81-82,86-87H,3-27,29,31-71,73-75,77-80H2,1-2H3,(H,85,88)/b30-28-,76-72+. The van der Waals surface area contributed by atoms with Gasteiger partial charge >= 0.3 is 5.97 Å². The fraction of sp³-hybridized carbons (Fsp3) is 0.929. The highest BCUT2D eigenvalue weighted by atomic mass is 16.5. The molecule has 2 unspecified atom stereocenters. The topological polar surface area (TPSA) is 95.9 Å². The van der Waals surface area contributed by atoms with Gasteiger partial charge in [0, 0.05) is 12.8 Å². The van der Waals surface area contributed by atoms with Crippen LogP contribution in [0.5, 0.6) is 0 Å². The number of rotatable bonds is 79. The normalized spacial score (nSPS) is 12.5. The molecule has 1 amide bonds. The van der Waals surface area contributed by atoms with Crippen LogP contribution in [0.4, 0.5) is 0 Å². The van der Waals surface area contributed by atoms with E-state index in [1.807, 2.05) is 6.08 Å². The predicted octanol–water partition coefficient (Wildman–Crippen LogP) is 27.6. The number of carbonyl (C=O) groups is 2. The third-order valence-electron chi connectivity index (χ3n) is 19.7. The maximum absolute atomic E-state index is 12.6. The Bertz CT molecular complexity index is 1410. The van der Waals surface area contributed by atoms with Gasteiger partial charge in [-0.2, -0.15) is 0 Å². The van der Waals surface area contributed by atoms with Gasteiger partial charge in [-0.15, -0.1) is 0 Å². The number of unbranched alkanes of at least 4 members (excludes halogenated alkanes) is 66. The van der Waals surface area contributed by atoms with Gasteiger partial charge in [-0.05, 0) is 57.8 Å². The molecule has 0 aromatic rings. The Morgan fingerprint density at radius 2 is 0.522 bits per heavy atom. The summed E-state index contributed by atoms with van der Waals surface area (Å²) in [6.45, 7) is 4.97. The number of ether oxygens (including phenoxy) is 1. The van der Waals surface area contributed by atoms with Crippen molar-refractivity contribution in [1.29, 1.82) is 0 Å². The molecule has 0 aromatic heterocycles. The molecule has 0 aromatic carbocycles. The van der Waals surface area contributed by atoms with Gasteiger partial charge < -0.3 is 20.3 Å². The molecular formula is C84H163NO5. The third kappa shape index (κ3) is 75.4. The maximum Gasteiger partial charge on any atom is 0.305 e. The van der Waals surface area contributed by atoms with E-state index in [0.717, 1.165) is 38.5 Å². The summed E-state index contributed by atoms with van der Waals surface area (Å²) in [6.07, 6.45) is 103. The van der Waals surface area contributed by atoms with Crippen LogP contribution < -0.4 is 5.32 Å². The van der Waals surface area contributed by atoms with Crippen molar-refractivity contribution < 1.29 is 24.5 Å². The first-order valence-electron chi connectivity index (χ1n) is 41.6. The SMILES string of the molecule is CCCCCCCCCCCCCCCCCCCCCCC/C=C/C(O)C(CO)NC(=O)CCCCCCCCCCCCCCCCCC/C=C\CCCCCCCCCCCCCCOC(=O)CCCCCCCCCCCCCCCCCCCC. The van der Waals surface area contributed by atoms with Crippen molar-refractivity contribution in [2.24, 2.45) is 0 Å². The second-order valence-electron chi connectivity index (χ2n) is 28.8. The summed E-state index contributed by atoms with van der Waals surface area (Å²) in [5, 5.41) is 23.3. The minimum Gasteiger partial charge on any atom is -0.466 e. The fourth-order valence-corrected chi connectivity index (χ4v) is 13.4. The van der Waals surface area contributed by atoms with Crippen molar-refractivity contribution in [1.82, 2.24) is 5.32 Å². The molecule has 534 valence electrons. The summed E-state index contributed by atoms with van der Waals surface area (Å²) in [4.78, 5) is 24.7. The highest BCUT2D eigenvalue weighted by Crippen LogP contribution is 2.20. The minimum absolute atomic E-state index is 0.0236. The Morgan fingerprint density at radius 1 is 0.300 bits per heavy atom. The van der Waals surface area contributed by atoms with Crippen molar-refractivity contribution in [3.05, 3.63) is 24.3 Å². The quantitative estimate of drug-likeness (QED) is 0.0320. The number of amides is 1. The summed E-state index contributed by atoms with van der Waals surface area (Å²) >= 11 is 0. The van der Waals surface area contributed by atoms with Crippen molar-refractivity contribution in [3.8, 4) is 0 Å². The number of aliphatic hydroxyl groups excluding tert-OH is 2. The Balaban J connectivity index is 3.36. The van der Waals surface area contributed by atoms with Crippen LogP contribution in [0.15, 0.2) is 24.3 Å². The average Bonchev–Trinajstić information content (AvgIpc) is 3.69. The number of hydrogen-bond donors (Lipinski definition) is 3. The van der Waals surface area contributed by atoms with E-state index in [9.17, 15) is 19.8 Å². The highest BCUT2D eigenvalue weighted by Gasteiger charge is 2.18. The van der Waals surface area contributed by atoms with Crippen LogP contribution in [0.1, 0.15) is 476 Å². The number of allylic oxidation sites excluding steroid dienone is 3. The zero-order chi connectivity index (χ0) is 64.9. The van der Waals surface area contributed by atoms with Gasteiger partial charge in [0.1, 0.15) is 0 Å². The molecular weight excluding hydrogens is 1100 g/mol. The van der Waals surface area contributed by atoms with Crippen LogP contribution in [0.3, 0.4) is 0 Å². The van der Waals surface area contributed by atoms with Crippen LogP contribution in [0.2, 0.25) is 0 Å². The molecule has 0 heterocycles. The summed E-state index contributed by atoms with van der Waals surface area (Å²) < 4.78 is 5.52. The van der Waals surface area contributed by atoms with Gasteiger partial charge in [-0.25, -0.2) is 0 Å². The Hall–Kier alpha value is -1.66. The molecule has 0 saturated heterocycles. The van der Waals surface area contributed by atoms with Crippen molar-refractivity contribution >= 4 is 11.9 Å². The average molecular weight is 1270 g/mol. The van der Waals surface area contributed by atoms with E-state index in [1.165, 1.54) is 411 Å². The first kappa shape index (κ1) is 88.3. The Kier molecular flexibility index (Phi) is 78.3. The van der Waals surface area contributed by atoms with E-state index in [0.29, 0.717) is 19.4 Å². The smallest absolute Gasteiger partial charge is 0.305 e. The van der Waals surface area contributed by atoms with Crippen molar-refractivity contribution in [2.75, 3.05) is 13.2 Å². The predicted molar refractivity (Wildman–Crippen MR) is 398 cm³/mol. The lowest BCUT2D eigenvalue weighted by molar-refractivity contribution is -0.143. The molecule has 0 aliphatic rings. The summed E-state index contributed by atoms with van der Waals surface area (Å²) in [5.74, 6) is -0.0364. The lowest BCUT2D eigenvalue weighted by atomic mass is 10.0. The van der Waals surface area contributed by atoms with E-state index < -0.39 is 12.1 Å². The van der Waals surface area contributed by atoms with Crippen molar-refractivity contribution in [2.45, 2.75) is 488 Å². The molecule has 0 radical (unpaired) electrons. The lowest BCUT2D eigenvalue weighted by Gasteiger charge is -2.20. The monoisotopic (exact) mass is 1270 g/mol. The number of hydrogen-bond acceptors (Lipinski definition) is 5. The molecule has 90 heavy (non-hydrogen) atoms. The summed E-state index contributed by atoms with van der Waals surface area (Å²) in [5.41, 5.74) is 0. The molecule has 6 nitrogen and oxygen atoms in total. The number of nitrogens with one attached hydrogen (secondary N) is 1. The van der Waals surface area contributed by atoms with E-state index in [2.05, 4.69) is 31.3 Å². The zero-order valence-electron chi connectivity index (χ0n) is 61.4. The van der Waals surface area contributed by atoms with Crippen LogP contribution >= 0.6 is 0 Å². The molecule has 0 aliphatic heterocycles. The van der Waals surface area contributed by atoms with Gasteiger partial charge in [-0.3, -0.25) is 9.59 Å². The van der Waals surface area contributed by atoms with Gasteiger partial charge in [-0.1, -0.05) is 430 Å². The molecule has 6 heteroatoms. The van der Waals surface area contributed by atoms with E-state index >= 15 is 0 Å². The van der Waals surface area contributed by atoms with E-state index in [1.54, 1.807) is 6.08 Å². The van der Waals surface area contributed by atoms with E-state index in [-0.39, 0.29) is 18.5 Å². The Morgan fingerprint density at radius 3 is 0.789 bits per heavy atom. The first-order chi connectivity index (χ1) is 44.5. The number of esters is 1. The fourth-order valence-electron chi connectivity index (χ4n) is 13.4. The molecule has 0 rings (SSSR count). The summed E-state index contributed by atoms with van der Waals surface area (Å²) in [6, 6.07) is -0.627. The maximum atomic E-state index is 12.6. The van der Waals surface area contributed by atoms with Crippen LogP contribution in [-0.2, 0) is 14.3 Å². The second kappa shape index (κ2) is 79.8. The molecule has 3 N–H and O–H groups in total. The van der Waals surface area contributed by atoms with E-state index in [4.69, 9.17) is 4.74 Å². The van der Waals surface area contributed by atoms with Crippen LogP contribution in [-0.4, -0.2) is 47.4 Å². The second-order valence-corrected chi connectivity index (χ2v) is 28.8. The van der Waals surface area contributed by atoms with Gasteiger partial charge in [0.15, 0.2) is 0 Å². The third-order valence-corrected chi connectivity index (χ3v) is 19.7. The van der Waals surface area contributed by atoms with Crippen LogP contribution in [0, 0.1) is 0 Å². The largest absolute Gasteiger partial charge is 0.466 e. The molecule has 0 fully saturated rings. The van der Waals surface area contributed by atoms with Crippen molar-refractivity contribution in [3.63, 3.8) is 0 Å². The lowest BCUT2D eigenvalue weighted by Crippen LogP contribution is -2.45. The molecule has 0 saturated carbocycles. The summed E-state index contributed by atoms with van der Waals surface area (Å²) in [7, 11) is 0. The van der Waals surface area contributed by atoms with Crippen LogP contribution in [0.25, 0.3) is 0 Å². The number of aliphatic hydroxyl groups is 2. The van der Waals surface area contributed by atoms with Gasteiger partial charge in [0.05, 0.1) is 25.4 Å².